The van der Waals surface area contributed by atoms with Crippen molar-refractivity contribution < 1.29 is 19.4 Å². The fourth-order valence-electron chi connectivity index (χ4n) is 3.99. The van der Waals surface area contributed by atoms with Crippen LogP contribution in [0.4, 0.5) is 4.79 Å². The predicted molar refractivity (Wildman–Crippen MR) is 130 cm³/mol. The Bertz CT molecular complexity index is 960. The van der Waals surface area contributed by atoms with Crippen LogP contribution in [-0.2, 0) is 22.2 Å². The van der Waals surface area contributed by atoms with Gasteiger partial charge in [0.1, 0.15) is 12.4 Å². The quantitative estimate of drug-likeness (QED) is 0.705. The van der Waals surface area contributed by atoms with Gasteiger partial charge >= 0.3 is 6.09 Å². The minimum Gasteiger partial charge on any atom is -0.507 e. The smallest absolute Gasteiger partial charge is 0.410 e. The largest absolute Gasteiger partial charge is 0.507 e. The maximum absolute atomic E-state index is 13.4. The maximum Gasteiger partial charge on any atom is 0.410 e. The molecule has 0 saturated carbocycles. The Morgan fingerprint density at radius 1 is 0.848 bits per heavy atom. The Kier molecular flexibility index (Phi) is 7.06. The molecule has 1 N–H and O–H groups in total. The van der Waals surface area contributed by atoms with Crippen molar-refractivity contribution in [3.63, 3.8) is 0 Å². The van der Waals surface area contributed by atoms with E-state index < -0.39 is 0 Å². The molecule has 0 spiro atoms. The van der Waals surface area contributed by atoms with Gasteiger partial charge in [-0.05, 0) is 28.5 Å². The summed E-state index contributed by atoms with van der Waals surface area (Å²) in [6, 6.07) is 13.2. The van der Waals surface area contributed by atoms with Gasteiger partial charge in [0.2, 0.25) is 0 Å². The van der Waals surface area contributed by atoms with E-state index in [1.54, 1.807) is 9.80 Å². The highest BCUT2D eigenvalue weighted by Gasteiger charge is 2.30. The summed E-state index contributed by atoms with van der Waals surface area (Å²) in [7, 11) is 0. The zero-order chi connectivity index (χ0) is 24.4. The van der Waals surface area contributed by atoms with E-state index >= 15 is 0 Å². The van der Waals surface area contributed by atoms with Crippen LogP contribution >= 0.6 is 0 Å². The molecule has 1 aliphatic heterocycles. The van der Waals surface area contributed by atoms with E-state index in [2.05, 4.69) is 0 Å². The van der Waals surface area contributed by atoms with E-state index in [9.17, 15) is 14.7 Å². The summed E-state index contributed by atoms with van der Waals surface area (Å²) in [6.45, 7) is 14.1. The van der Waals surface area contributed by atoms with Crippen LogP contribution in [0.5, 0.6) is 5.75 Å². The van der Waals surface area contributed by atoms with Crippen molar-refractivity contribution in [1.82, 2.24) is 9.80 Å². The molecule has 2 aromatic rings. The van der Waals surface area contributed by atoms with E-state index in [1.165, 1.54) is 0 Å². The summed E-state index contributed by atoms with van der Waals surface area (Å²) in [6.07, 6.45) is -0.361. The van der Waals surface area contributed by atoms with E-state index in [1.807, 2.05) is 84.0 Å². The number of hydrogen-bond acceptors (Lipinski definition) is 4. The fourth-order valence-corrected chi connectivity index (χ4v) is 3.99. The van der Waals surface area contributed by atoms with Crippen molar-refractivity contribution in [3.05, 3.63) is 64.7 Å². The highest BCUT2D eigenvalue weighted by molar-refractivity contribution is 5.95. The average molecular weight is 453 g/mol. The Morgan fingerprint density at radius 3 is 1.82 bits per heavy atom. The van der Waals surface area contributed by atoms with Gasteiger partial charge in [0.15, 0.2) is 0 Å². The van der Waals surface area contributed by atoms with E-state index in [-0.39, 0.29) is 35.2 Å². The molecule has 1 aliphatic rings. The van der Waals surface area contributed by atoms with E-state index in [4.69, 9.17) is 4.74 Å². The van der Waals surface area contributed by atoms with E-state index in [0.29, 0.717) is 31.7 Å². The number of phenolic OH excluding ortho intramolecular Hbond substituents is 1. The molecule has 0 atom stereocenters. The van der Waals surface area contributed by atoms with Crippen molar-refractivity contribution >= 4 is 12.0 Å². The summed E-state index contributed by atoms with van der Waals surface area (Å²) >= 11 is 0. The SMILES string of the molecule is CC(C)(C)c1cc(C(=O)N2CCN(C(=O)OCc3ccccc3)CC2)cc(C(C)(C)C)c1O. The Morgan fingerprint density at radius 2 is 1.33 bits per heavy atom. The van der Waals surface area contributed by atoms with Gasteiger partial charge in [-0.2, -0.15) is 0 Å². The molecule has 33 heavy (non-hydrogen) atoms. The number of piperazine rings is 1. The number of carbonyl (C=O) groups excluding carboxylic acids is 2. The first-order valence-electron chi connectivity index (χ1n) is 11.5. The van der Waals surface area contributed by atoms with Crippen LogP contribution in [0.2, 0.25) is 0 Å². The second-order valence-electron chi connectivity index (χ2n) is 10.7. The van der Waals surface area contributed by atoms with Gasteiger partial charge in [0.25, 0.3) is 5.91 Å². The molecule has 3 rings (SSSR count). The van der Waals surface area contributed by atoms with Crippen LogP contribution in [0.3, 0.4) is 0 Å². The summed E-state index contributed by atoms with van der Waals surface area (Å²) in [5.74, 6) is 0.181. The first-order chi connectivity index (χ1) is 15.4. The van der Waals surface area contributed by atoms with Gasteiger partial charge in [-0.1, -0.05) is 71.9 Å². The minimum absolute atomic E-state index is 0.0803. The van der Waals surface area contributed by atoms with Gasteiger partial charge in [-0.3, -0.25) is 4.79 Å². The third kappa shape index (κ3) is 5.86. The third-order valence-corrected chi connectivity index (χ3v) is 6.00. The topological polar surface area (TPSA) is 70.1 Å². The Labute approximate surface area is 197 Å². The number of benzene rings is 2. The molecule has 6 nitrogen and oxygen atoms in total. The Balaban J connectivity index is 1.69. The van der Waals surface area contributed by atoms with Crippen LogP contribution in [0.25, 0.3) is 0 Å². The van der Waals surface area contributed by atoms with Gasteiger partial charge in [0.05, 0.1) is 0 Å². The van der Waals surface area contributed by atoms with Crippen LogP contribution in [0.1, 0.15) is 68.6 Å². The lowest BCUT2D eigenvalue weighted by Crippen LogP contribution is -2.50. The lowest BCUT2D eigenvalue weighted by atomic mass is 9.78. The molecular weight excluding hydrogens is 416 g/mol. The summed E-state index contributed by atoms with van der Waals surface area (Å²) in [5.41, 5.74) is 2.44. The molecule has 0 aromatic heterocycles. The number of ether oxygens (including phenoxy) is 1. The minimum atomic E-state index is -0.361. The number of aromatic hydroxyl groups is 1. The normalized spacial score (nSPS) is 14.8. The number of carbonyl (C=O) groups is 2. The molecule has 6 heteroatoms. The summed E-state index contributed by atoms with van der Waals surface area (Å²) < 4.78 is 5.42. The number of nitrogens with zero attached hydrogens (tertiary/aromatic N) is 2. The van der Waals surface area contributed by atoms with Crippen molar-refractivity contribution in [1.29, 1.82) is 0 Å². The zero-order valence-corrected chi connectivity index (χ0v) is 20.6. The number of rotatable bonds is 3. The van der Waals surface area contributed by atoms with Crippen LogP contribution in [0, 0.1) is 0 Å². The summed E-state index contributed by atoms with van der Waals surface area (Å²) in [4.78, 5) is 29.2. The van der Waals surface area contributed by atoms with Gasteiger partial charge in [0, 0.05) is 42.9 Å². The summed E-state index contributed by atoms with van der Waals surface area (Å²) in [5, 5.41) is 10.9. The predicted octanol–water partition coefficient (Wildman–Crippen LogP) is 5.08. The van der Waals surface area contributed by atoms with Crippen molar-refractivity contribution in [3.8, 4) is 5.75 Å². The lowest BCUT2D eigenvalue weighted by molar-refractivity contribution is 0.0543. The van der Waals surface area contributed by atoms with Gasteiger partial charge in [-0.15, -0.1) is 0 Å². The van der Waals surface area contributed by atoms with Gasteiger partial charge < -0.3 is 19.6 Å². The molecule has 1 heterocycles. The highest BCUT2D eigenvalue weighted by Crippen LogP contribution is 2.40. The van der Waals surface area contributed by atoms with Crippen molar-refractivity contribution in [2.75, 3.05) is 26.2 Å². The van der Waals surface area contributed by atoms with Crippen LogP contribution < -0.4 is 0 Å². The molecule has 1 fully saturated rings. The lowest BCUT2D eigenvalue weighted by Gasteiger charge is -2.35. The van der Waals surface area contributed by atoms with Crippen LogP contribution in [-0.4, -0.2) is 53.1 Å². The monoisotopic (exact) mass is 452 g/mol. The standard InChI is InChI=1S/C27H36N2O4/c1-26(2,3)21-16-20(17-22(23(21)30)27(4,5)6)24(31)28-12-14-29(15-13-28)25(32)33-18-19-10-8-7-9-11-19/h7-11,16-17,30H,12-15,18H2,1-6H3. The van der Waals surface area contributed by atoms with Crippen molar-refractivity contribution in [2.45, 2.75) is 59.0 Å². The van der Waals surface area contributed by atoms with Crippen molar-refractivity contribution in [2.24, 2.45) is 0 Å². The molecule has 178 valence electrons. The molecule has 0 bridgehead atoms. The molecule has 1 saturated heterocycles. The average Bonchev–Trinajstić information content (AvgIpc) is 2.76. The third-order valence-electron chi connectivity index (χ3n) is 6.00. The Hall–Kier alpha value is -3.02. The number of hydrogen-bond donors (Lipinski definition) is 1. The zero-order valence-electron chi connectivity index (χ0n) is 20.6. The number of phenols is 1. The molecule has 2 amide bonds. The first kappa shape index (κ1) is 24.6. The highest BCUT2D eigenvalue weighted by atomic mass is 16.6. The second-order valence-corrected chi connectivity index (χ2v) is 10.7. The molecular formula is C27H36N2O4. The molecule has 2 aromatic carbocycles. The second kappa shape index (κ2) is 9.46. The van der Waals surface area contributed by atoms with Crippen LogP contribution in [0.15, 0.2) is 42.5 Å². The number of amides is 2. The first-order valence-corrected chi connectivity index (χ1v) is 11.5. The molecule has 0 radical (unpaired) electrons. The van der Waals surface area contributed by atoms with E-state index in [0.717, 1.165) is 16.7 Å². The molecule has 0 unspecified atom stereocenters. The fraction of sp³-hybridized carbons (Fsp3) is 0.481. The molecule has 0 aliphatic carbocycles. The van der Waals surface area contributed by atoms with Gasteiger partial charge in [-0.25, -0.2) is 4.79 Å². The maximum atomic E-state index is 13.4.